The SMILES string of the molecule is O=C(Nc1cccc(CBr)c1)c1ccc(I)c(O)c1. The Bertz CT molecular complexity index is 616. The van der Waals surface area contributed by atoms with Crippen LogP contribution in [-0.2, 0) is 5.33 Å². The monoisotopic (exact) mass is 431 g/mol. The largest absolute Gasteiger partial charge is 0.507 e. The van der Waals surface area contributed by atoms with E-state index in [0.29, 0.717) is 5.56 Å². The molecule has 0 unspecified atom stereocenters. The van der Waals surface area contributed by atoms with E-state index >= 15 is 0 Å². The Hall–Kier alpha value is -1.08. The highest BCUT2D eigenvalue weighted by molar-refractivity contribution is 14.1. The summed E-state index contributed by atoms with van der Waals surface area (Å²) in [5, 5.41) is 13.1. The number of benzene rings is 2. The molecular weight excluding hydrogens is 421 g/mol. The fourth-order valence-corrected chi connectivity index (χ4v) is 2.27. The molecule has 2 aromatic rings. The first-order valence-electron chi connectivity index (χ1n) is 5.55. The number of anilines is 1. The van der Waals surface area contributed by atoms with E-state index in [1.165, 1.54) is 6.07 Å². The Morgan fingerprint density at radius 2 is 2.05 bits per heavy atom. The first kappa shape index (κ1) is 14.3. The Morgan fingerprint density at radius 3 is 2.74 bits per heavy atom. The van der Waals surface area contributed by atoms with Crippen molar-refractivity contribution in [2.24, 2.45) is 0 Å². The number of amides is 1. The van der Waals surface area contributed by atoms with Crippen LogP contribution in [0.3, 0.4) is 0 Å². The van der Waals surface area contributed by atoms with Gasteiger partial charge in [-0.3, -0.25) is 4.79 Å². The third-order valence-electron chi connectivity index (χ3n) is 2.55. The first-order valence-corrected chi connectivity index (χ1v) is 7.75. The summed E-state index contributed by atoms with van der Waals surface area (Å²) in [7, 11) is 0. The second-order valence-corrected chi connectivity index (χ2v) is 5.68. The van der Waals surface area contributed by atoms with Gasteiger partial charge in [0.2, 0.25) is 0 Å². The third-order valence-corrected chi connectivity index (χ3v) is 4.11. The zero-order valence-electron chi connectivity index (χ0n) is 9.86. The van der Waals surface area contributed by atoms with E-state index in [1.54, 1.807) is 12.1 Å². The molecule has 0 aliphatic heterocycles. The smallest absolute Gasteiger partial charge is 0.255 e. The maximum absolute atomic E-state index is 12.0. The van der Waals surface area contributed by atoms with Crippen LogP contribution in [0.5, 0.6) is 5.75 Å². The van der Waals surface area contributed by atoms with Gasteiger partial charge in [0, 0.05) is 16.6 Å². The summed E-state index contributed by atoms with van der Waals surface area (Å²) in [6, 6.07) is 12.4. The number of hydrogen-bond donors (Lipinski definition) is 2. The van der Waals surface area contributed by atoms with Crippen LogP contribution in [0.25, 0.3) is 0 Å². The Labute approximate surface area is 133 Å². The lowest BCUT2D eigenvalue weighted by Gasteiger charge is -2.07. The van der Waals surface area contributed by atoms with Crippen LogP contribution in [0, 0.1) is 3.57 Å². The zero-order valence-corrected chi connectivity index (χ0v) is 13.6. The van der Waals surface area contributed by atoms with Gasteiger partial charge < -0.3 is 10.4 Å². The lowest BCUT2D eigenvalue weighted by Crippen LogP contribution is -2.11. The summed E-state index contributed by atoms with van der Waals surface area (Å²) < 4.78 is 0.718. The van der Waals surface area contributed by atoms with Crippen molar-refractivity contribution in [3.8, 4) is 5.75 Å². The van der Waals surface area contributed by atoms with Crippen molar-refractivity contribution in [3.63, 3.8) is 0 Å². The van der Waals surface area contributed by atoms with E-state index in [9.17, 15) is 9.90 Å². The molecule has 0 spiro atoms. The average molecular weight is 432 g/mol. The van der Waals surface area contributed by atoms with Crippen molar-refractivity contribution in [3.05, 3.63) is 57.2 Å². The second kappa shape index (κ2) is 6.38. The normalized spacial score (nSPS) is 10.2. The predicted octanol–water partition coefficient (Wildman–Crippen LogP) is 4.14. The van der Waals surface area contributed by atoms with Crippen LogP contribution >= 0.6 is 38.5 Å². The maximum atomic E-state index is 12.0. The summed E-state index contributed by atoms with van der Waals surface area (Å²) in [4.78, 5) is 12.0. The minimum Gasteiger partial charge on any atom is -0.507 e. The lowest BCUT2D eigenvalue weighted by molar-refractivity contribution is 0.102. The first-order chi connectivity index (χ1) is 9.10. The molecule has 0 radical (unpaired) electrons. The highest BCUT2D eigenvalue weighted by atomic mass is 127. The van der Waals surface area contributed by atoms with Crippen LogP contribution in [0.1, 0.15) is 15.9 Å². The van der Waals surface area contributed by atoms with Crippen molar-refractivity contribution in [1.82, 2.24) is 0 Å². The van der Waals surface area contributed by atoms with Gasteiger partial charge in [-0.15, -0.1) is 0 Å². The van der Waals surface area contributed by atoms with Crippen molar-refractivity contribution in [2.45, 2.75) is 5.33 Å². The van der Waals surface area contributed by atoms with Crippen LogP contribution in [-0.4, -0.2) is 11.0 Å². The van der Waals surface area contributed by atoms with E-state index in [-0.39, 0.29) is 11.7 Å². The molecule has 0 bridgehead atoms. The molecule has 0 heterocycles. The number of carbonyl (C=O) groups is 1. The summed E-state index contributed by atoms with van der Waals surface area (Å²) in [6.07, 6.45) is 0. The molecule has 19 heavy (non-hydrogen) atoms. The number of phenols is 1. The zero-order chi connectivity index (χ0) is 13.8. The lowest BCUT2D eigenvalue weighted by atomic mass is 10.2. The molecular formula is C14H11BrINO2. The minimum atomic E-state index is -0.238. The highest BCUT2D eigenvalue weighted by Gasteiger charge is 2.08. The van der Waals surface area contributed by atoms with E-state index in [2.05, 4.69) is 21.2 Å². The molecule has 0 saturated carbocycles. The molecule has 0 aliphatic rings. The molecule has 2 rings (SSSR count). The van der Waals surface area contributed by atoms with Gasteiger partial charge in [-0.1, -0.05) is 28.1 Å². The van der Waals surface area contributed by atoms with E-state index in [0.717, 1.165) is 20.2 Å². The van der Waals surface area contributed by atoms with E-state index in [1.807, 2.05) is 46.9 Å². The van der Waals surface area contributed by atoms with Crippen molar-refractivity contribution in [2.75, 3.05) is 5.32 Å². The third kappa shape index (κ3) is 3.70. The second-order valence-electron chi connectivity index (χ2n) is 3.95. The molecule has 3 nitrogen and oxygen atoms in total. The van der Waals surface area contributed by atoms with Gasteiger partial charge in [-0.2, -0.15) is 0 Å². The topological polar surface area (TPSA) is 49.3 Å². The molecule has 1 amide bonds. The van der Waals surface area contributed by atoms with Crippen LogP contribution in [0.15, 0.2) is 42.5 Å². The fraction of sp³-hybridized carbons (Fsp3) is 0.0714. The Balaban J connectivity index is 2.18. The number of carbonyl (C=O) groups excluding carboxylic acids is 1. The van der Waals surface area contributed by atoms with E-state index in [4.69, 9.17) is 0 Å². The van der Waals surface area contributed by atoms with Gasteiger partial charge in [-0.05, 0) is 58.5 Å². The average Bonchev–Trinajstić information content (AvgIpc) is 2.42. The van der Waals surface area contributed by atoms with Crippen molar-refractivity contribution in [1.29, 1.82) is 0 Å². The number of hydrogen-bond acceptors (Lipinski definition) is 2. The summed E-state index contributed by atoms with van der Waals surface area (Å²) in [6.45, 7) is 0. The molecule has 2 N–H and O–H groups in total. The van der Waals surface area contributed by atoms with Gasteiger partial charge in [-0.25, -0.2) is 0 Å². The van der Waals surface area contributed by atoms with Crippen LogP contribution in [0.2, 0.25) is 0 Å². The van der Waals surface area contributed by atoms with Gasteiger partial charge >= 0.3 is 0 Å². The summed E-state index contributed by atoms with van der Waals surface area (Å²) in [5.41, 5.74) is 2.26. The molecule has 0 atom stereocenters. The number of phenolic OH excluding ortho intramolecular Hbond substituents is 1. The molecule has 0 aromatic heterocycles. The van der Waals surface area contributed by atoms with Crippen molar-refractivity contribution >= 4 is 50.1 Å². The number of aromatic hydroxyl groups is 1. The molecule has 0 aliphatic carbocycles. The standard InChI is InChI=1S/C14H11BrINO2/c15-8-9-2-1-3-11(6-9)17-14(19)10-4-5-12(16)13(18)7-10/h1-7,18H,8H2,(H,17,19). The summed E-state index contributed by atoms with van der Waals surface area (Å²) >= 11 is 5.38. The predicted molar refractivity (Wildman–Crippen MR) is 87.9 cm³/mol. The number of rotatable bonds is 3. The molecule has 5 heteroatoms. The molecule has 0 saturated heterocycles. The van der Waals surface area contributed by atoms with Crippen LogP contribution < -0.4 is 5.32 Å². The molecule has 98 valence electrons. The molecule has 2 aromatic carbocycles. The highest BCUT2D eigenvalue weighted by Crippen LogP contribution is 2.21. The van der Waals surface area contributed by atoms with Crippen LogP contribution in [0.4, 0.5) is 5.69 Å². The van der Waals surface area contributed by atoms with Gasteiger partial charge in [0.05, 0.1) is 3.57 Å². The van der Waals surface area contributed by atoms with Gasteiger partial charge in [0.25, 0.3) is 5.91 Å². The number of alkyl halides is 1. The molecule has 0 fully saturated rings. The Morgan fingerprint density at radius 1 is 1.26 bits per heavy atom. The number of nitrogens with one attached hydrogen (secondary N) is 1. The van der Waals surface area contributed by atoms with Crippen molar-refractivity contribution < 1.29 is 9.90 Å². The summed E-state index contributed by atoms with van der Waals surface area (Å²) in [5.74, 6) is -0.124. The fourth-order valence-electron chi connectivity index (χ4n) is 1.59. The Kier molecular flexibility index (Phi) is 4.81. The van der Waals surface area contributed by atoms with E-state index < -0.39 is 0 Å². The minimum absolute atomic E-state index is 0.113. The van der Waals surface area contributed by atoms with Gasteiger partial charge in [0.15, 0.2) is 0 Å². The number of halogens is 2. The quantitative estimate of drug-likeness (QED) is 0.566. The van der Waals surface area contributed by atoms with Gasteiger partial charge in [0.1, 0.15) is 5.75 Å². The maximum Gasteiger partial charge on any atom is 0.255 e.